The van der Waals surface area contributed by atoms with Crippen LogP contribution in [0, 0.1) is 6.92 Å². The van der Waals surface area contributed by atoms with Gasteiger partial charge in [0, 0.05) is 32.7 Å². The Bertz CT molecular complexity index is 492. The van der Waals surface area contributed by atoms with Crippen molar-refractivity contribution in [2.45, 2.75) is 39.7 Å². The van der Waals surface area contributed by atoms with Gasteiger partial charge >= 0.3 is 0 Å². The lowest BCUT2D eigenvalue weighted by atomic mass is 9.98. The number of halogens is 2. The van der Waals surface area contributed by atoms with E-state index < -0.39 is 6.10 Å². The average Bonchev–Trinajstić information content (AvgIpc) is 2.53. The van der Waals surface area contributed by atoms with Crippen LogP contribution in [0.3, 0.4) is 0 Å². The zero-order valence-corrected chi connectivity index (χ0v) is 17.4. The normalized spacial score (nSPS) is 16.9. The van der Waals surface area contributed by atoms with E-state index in [0.29, 0.717) is 19.1 Å². The third kappa shape index (κ3) is 7.71. The largest absolute Gasteiger partial charge is 1.00 e. The number of rotatable bonds is 7. The number of benzene rings is 1. The van der Waals surface area contributed by atoms with Crippen LogP contribution >= 0.6 is 0 Å². The number of β-amino-alcohol motifs (C(OH)–C–C–N with tert-alkyl or cyclic N) is 1. The van der Waals surface area contributed by atoms with Crippen molar-refractivity contribution in [2.75, 3.05) is 45.9 Å². The minimum atomic E-state index is -0.437. The van der Waals surface area contributed by atoms with E-state index in [-0.39, 0.29) is 24.8 Å². The van der Waals surface area contributed by atoms with Gasteiger partial charge in [-0.15, -0.1) is 0 Å². The number of aryl methyl sites for hydroxylation is 1. The molecule has 0 spiro atoms. The molecule has 25 heavy (non-hydrogen) atoms. The Morgan fingerprint density at radius 3 is 2.20 bits per heavy atom. The molecule has 0 radical (unpaired) electrons. The van der Waals surface area contributed by atoms with Crippen LogP contribution in [-0.2, 0) is 0 Å². The maximum Gasteiger partial charge on any atom is 0.119 e. The van der Waals surface area contributed by atoms with Crippen LogP contribution in [0.1, 0.15) is 37.8 Å². The van der Waals surface area contributed by atoms with Crippen molar-refractivity contribution in [3.63, 3.8) is 0 Å². The lowest BCUT2D eigenvalue weighted by Crippen LogP contribution is -3.00. The summed E-state index contributed by atoms with van der Waals surface area (Å²) in [5.41, 5.74) is 2.61. The van der Waals surface area contributed by atoms with Crippen LogP contribution in [0.5, 0.6) is 5.75 Å². The van der Waals surface area contributed by atoms with Crippen molar-refractivity contribution >= 4 is 0 Å². The molecular formula is C19H32Cl2N2O2-2. The van der Waals surface area contributed by atoms with Gasteiger partial charge in [-0.1, -0.05) is 26.8 Å². The summed E-state index contributed by atoms with van der Waals surface area (Å²) in [6.07, 6.45) is -0.437. The van der Waals surface area contributed by atoms with E-state index in [9.17, 15) is 5.11 Å². The van der Waals surface area contributed by atoms with E-state index in [1.807, 2.05) is 6.07 Å². The summed E-state index contributed by atoms with van der Waals surface area (Å²) >= 11 is 0. The highest BCUT2D eigenvalue weighted by atomic mass is 35.5. The van der Waals surface area contributed by atoms with Crippen molar-refractivity contribution in [2.24, 2.45) is 0 Å². The standard InChI is InChI=1S/C19H32N2O2.2ClH/c1-5-20-8-10-21(11-9-20)13-17(22)14-23-18-6-7-19(15(2)3)16(4)12-18;;/h6-7,12,15,17,22H,5,8-11,13-14H2,1-4H3;2*1H/p-2. The SMILES string of the molecule is CCN1CCN(CC(O)COc2ccc(C(C)C)c(C)c2)CC1.[Cl-].[Cl-]. The number of aliphatic hydroxyl groups excluding tert-OH is 1. The number of nitrogens with zero attached hydrogens (tertiary/aromatic N) is 2. The second-order valence-corrected chi connectivity index (χ2v) is 6.87. The monoisotopic (exact) mass is 390 g/mol. The highest BCUT2D eigenvalue weighted by Crippen LogP contribution is 2.23. The molecule has 1 heterocycles. The number of aliphatic hydroxyl groups is 1. The number of hydrogen-bond acceptors (Lipinski definition) is 4. The summed E-state index contributed by atoms with van der Waals surface area (Å²) in [6.45, 7) is 15.1. The van der Waals surface area contributed by atoms with E-state index >= 15 is 0 Å². The second kappa shape index (κ2) is 12.0. The van der Waals surface area contributed by atoms with Gasteiger partial charge in [-0.3, -0.25) is 4.90 Å². The number of piperazine rings is 1. The van der Waals surface area contributed by atoms with Crippen molar-refractivity contribution in [3.05, 3.63) is 29.3 Å². The van der Waals surface area contributed by atoms with E-state index in [1.165, 1.54) is 11.1 Å². The lowest BCUT2D eigenvalue weighted by molar-refractivity contribution is -0.001000. The Morgan fingerprint density at radius 2 is 1.68 bits per heavy atom. The Labute approximate surface area is 165 Å². The number of hydrogen-bond donors (Lipinski definition) is 1. The molecule has 2 rings (SSSR count). The summed E-state index contributed by atoms with van der Waals surface area (Å²) in [4.78, 5) is 4.77. The summed E-state index contributed by atoms with van der Waals surface area (Å²) in [5.74, 6) is 1.37. The molecular weight excluding hydrogens is 359 g/mol. The van der Waals surface area contributed by atoms with Crippen LogP contribution < -0.4 is 29.6 Å². The van der Waals surface area contributed by atoms with E-state index in [1.54, 1.807) is 0 Å². The zero-order chi connectivity index (χ0) is 16.8. The first-order valence-electron chi connectivity index (χ1n) is 8.85. The van der Waals surface area contributed by atoms with Crippen molar-refractivity contribution in [3.8, 4) is 5.75 Å². The molecule has 1 N–H and O–H groups in total. The molecule has 1 atom stereocenters. The molecule has 0 bridgehead atoms. The van der Waals surface area contributed by atoms with E-state index in [4.69, 9.17) is 4.74 Å². The Balaban J connectivity index is 0.00000288. The lowest BCUT2D eigenvalue weighted by Gasteiger charge is -2.34. The van der Waals surface area contributed by atoms with Crippen molar-refractivity contribution in [1.29, 1.82) is 0 Å². The first-order chi connectivity index (χ1) is 11.0. The van der Waals surface area contributed by atoms with Crippen LogP contribution in [0.4, 0.5) is 0 Å². The highest BCUT2D eigenvalue weighted by molar-refractivity contribution is 5.36. The second-order valence-electron chi connectivity index (χ2n) is 6.87. The van der Waals surface area contributed by atoms with Gasteiger partial charge in [0.15, 0.2) is 0 Å². The molecule has 1 saturated heterocycles. The fourth-order valence-electron chi connectivity index (χ4n) is 3.22. The molecule has 0 aliphatic carbocycles. The van der Waals surface area contributed by atoms with Gasteiger partial charge in [-0.25, -0.2) is 0 Å². The first kappa shape index (κ1) is 24.5. The highest BCUT2D eigenvalue weighted by Gasteiger charge is 2.18. The number of ether oxygens (including phenoxy) is 1. The van der Waals surface area contributed by atoms with Crippen molar-refractivity contribution in [1.82, 2.24) is 9.80 Å². The molecule has 1 fully saturated rings. The van der Waals surface area contributed by atoms with Crippen molar-refractivity contribution < 1.29 is 34.7 Å². The topological polar surface area (TPSA) is 35.9 Å². The van der Waals surface area contributed by atoms with Gasteiger partial charge in [0.1, 0.15) is 18.5 Å². The average molecular weight is 391 g/mol. The molecule has 0 aromatic heterocycles. The Kier molecular flexibility index (Phi) is 11.7. The summed E-state index contributed by atoms with van der Waals surface area (Å²) in [7, 11) is 0. The maximum absolute atomic E-state index is 10.2. The van der Waals surface area contributed by atoms with Gasteiger partial charge in [0.2, 0.25) is 0 Å². The van der Waals surface area contributed by atoms with Gasteiger partial charge in [-0.2, -0.15) is 0 Å². The smallest absolute Gasteiger partial charge is 0.119 e. The molecule has 1 aliphatic heterocycles. The molecule has 1 aromatic rings. The van der Waals surface area contributed by atoms with Crippen LogP contribution in [-0.4, -0.2) is 66.9 Å². The zero-order valence-electron chi connectivity index (χ0n) is 15.8. The number of likely N-dealkylation sites (N-methyl/N-ethyl adjacent to an activating group) is 1. The molecule has 4 nitrogen and oxygen atoms in total. The van der Waals surface area contributed by atoms with Crippen LogP contribution in [0.2, 0.25) is 0 Å². The maximum atomic E-state index is 10.2. The molecule has 1 aromatic carbocycles. The third-order valence-corrected chi connectivity index (χ3v) is 4.69. The molecule has 0 amide bonds. The minimum Gasteiger partial charge on any atom is -1.00 e. The molecule has 0 saturated carbocycles. The fraction of sp³-hybridized carbons (Fsp3) is 0.684. The van der Waals surface area contributed by atoms with Gasteiger partial charge in [0.25, 0.3) is 0 Å². The molecule has 146 valence electrons. The van der Waals surface area contributed by atoms with E-state index in [2.05, 4.69) is 49.6 Å². The van der Waals surface area contributed by atoms with E-state index in [0.717, 1.165) is 38.5 Å². The quantitative estimate of drug-likeness (QED) is 0.524. The molecule has 1 unspecified atom stereocenters. The molecule has 6 heteroatoms. The predicted molar refractivity (Wildman–Crippen MR) is 95.3 cm³/mol. The van der Waals surface area contributed by atoms with Gasteiger partial charge in [-0.05, 0) is 42.6 Å². The Hall–Kier alpha value is -0.520. The fourth-order valence-corrected chi connectivity index (χ4v) is 3.22. The van der Waals surface area contributed by atoms with Gasteiger partial charge in [0.05, 0.1) is 0 Å². The summed E-state index contributed by atoms with van der Waals surface area (Å²) in [5, 5.41) is 10.2. The third-order valence-electron chi connectivity index (χ3n) is 4.69. The predicted octanol–water partition coefficient (Wildman–Crippen LogP) is -3.50. The molecule has 1 aliphatic rings. The van der Waals surface area contributed by atoms with Crippen LogP contribution in [0.15, 0.2) is 18.2 Å². The first-order valence-corrected chi connectivity index (χ1v) is 8.85. The summed E-state index contributed by atoms with van der Waals surface area (Å²) in [6, 6.07) is 6.21. The van der Waals surface area contributed by atoms with Gasteiger partial charge < -0.3 is 39.6 Å². The Morgan fingerprint density at radius 1 is 1.08 bits per heavy atom. The minimum absolute atomic E-state index is 0. The van der Waals surface area contributed by atoms with Crippen LogP contribution in [0.25, 0.3) is 0 Å². The summed E-state index contributed by atoms with van der Waals surface area (Å²) < 4.78 is 5.78.